The Balaban J connectivity index is -0.000000100. The number of carbonyl (C=O) groups is 1. The molecule has 5 rings (SSSR count). The smallest absolute Gasteiger partial charge is 1.00 e. The van der Waals surface area contributed by atoms with Gasteiger partial charge >= 0.3 is 89.8 Å². The van der Waals surface area contributed by atoms with Crippen LogP contribution in [0.1, 0.15) is 96.6 Å². The number of aryl methyl sites for hydroxylation is 3. The fourth-order valence-corrected chi connectivity index (χ4v) is 7.08. The number of benzene rings is 5. The van der Waals surface area contributed by atoms with Crippen molar-refractivity contribution in [2.24, 2.45) is 0 Å². The first-order valence-electron chi connectivity index (χ1n) is 17.8. The summed E-state index contributed by atoms with van der Waals surface area (Å²) in [6.07, 6.45) is 1.58. The Bertz CT molecular complexity index is 2180. The number of aliphatic hydroxyl groups is 2. The number of halogens is 11. The van der Waals surface area contributed by atoms with Gasteiger partial charge in [0.25, 0.3) is 0 Å². The fourth-order valence-electron chi connectivity index (χ4n) is 5.04. The van der Waals surface area contributed by atoms with Crippen LogP contribution in [0, 0.1) is 45.2 Å². The minimum Gasteiger partial charge on any atom is -1.00 e. The molecule has 0 aliphatic carbocycles. The molecule has 0 aliphatic rings. The van der Waals surface area contributed by atoms with Gasteiger partial charge in [-0.1, -0.05) is 70.8 Å². The first kappa shape index (κ1) is 88.3. The third-order valence-corrected chi connectivity index (χ3v) is 10.6. The molecule has 68 heavy (non-hydrogen) atoms. The predicted octanol–water partition coefficient (Wildman–Crippen LogP) is -3.90. The number of hydrogen-bond acceptors (Lipinski definition) is 6. The van der Waals surface area contributed by atoms with E-state index in [1.807, 2.05) is 66.5 Å². The maximum atomic E-state index is 14.0. The number of carboxylic acid groups (broad SMARTS) is 1. The molecule has 2 atom stereocenters. The molecule has 0 amide bonds. The van der Waals surface area contributed by atoms with Crippen LogP contribution in [0.15, 0.2) is 86.2 Å². The van der Waals surface area contributed by atoms with Crippen LogP contribution >= 0.6 is 71.0 Å². The Morgan fingerprint density at radius 2 is 0.882 bits per heavy atom. The van der Waals surface area contributed by atoms with Crippen molar-refractivity contribution in [3.63, 3.8) is 0 Å². The molecule has 0 saturated heterocycles. The summed E-state index contributed by atoms with van der Waals surface area (Å²) in [5, 5.41) is 29.9. The topological polar surface area (TPSA) is 105 Å². The largest absolute Gasteiger partial charge is 2.00 e. The van der Waals surface area contributed by atoms with Crippen molar-refractivity contribution in [2.45, 2.75) is 68.1 Å². The van der Waals surface area contributed by atoms with Crippen molar-refractivity contribution in [1.82, 2.24) is 0 Å². The van der Waals surface area contributed by atoms with Crippen LogP contribution in [-0.4, -0.2) is 88.7 Å². The zero-order valence-corrected chi connectivity index (χ0v) is 51.4. The van der Waals surface area contributed by atoms with Gasteiger partial charge in [0, 0.05) is 15.6 Å². The Morgan fingerprint density at radius 3 is 1.22 bits per heavy atom. The van der Waals surface area contributed by atoms with Crippen LogP contribution in [-0.2, 0) is 0 Å². The fraction of sp³-hybridized carbons (Fsp3) is 0.283. The first-order valence-corrected chi connectivity index (χ1v) is 20.9. The van der Waals surface area contributed by atoms with Crippen LogP contribution in [0.5, 0.6) is 17.2 Å². The quantitative estimate of drug-likeness (QED) is 0.108. The van der Waals surface area contributed by atoms with Crippen LogP contribution in [0.3, 0.4) is 0 Å². The molecule has 0 aliphatic heterocycles. The maximum absolute atomic E-state index is 14.0. The van der Waals surface area contributed by atoms with Crippen LogP contribution < -0.4 is 102 Å². The van der Waals surface area contributed by atoms with E-state index in [-0.39, 0.29) is 179 Å². The van der Waals surface area contributed by atoms with Crippen molar-refractivity contribution in [2.75, 3.05) is 21.3 Å². The molecular weight excluding hydrogens is 1220 g/mol. The predicted molar refractivity (Wildman–Crippen MR) is 264 cm³/mol. The van der Waals surface area contributed by atoms with Gasteiger partial charge in [-0.15, -0.1) is 0 Å². The van der Waals surface area contributed by atoms with Gasteiger partial charge in [0.05, 0.1) is 40.3 Å². The molecule has 22 heteroatoms. The summed E-state index contributed by atoms with van der Waals surface area (Å²) in [5.74, 6) is -0.836. The summed E-state index contributed by atoms with van der Waals surface area (Å²) in [6, 6.07) is 19.1. The zero-order chi connectivity index (χ0) is 45.1. The number of rotatable bonds is 8. The summed E-state index contributed by atoms with van der Waals surface area (Å²) in [5.41, 5.74) is 3.45. The van der Waals surface area contributed by atoms with Crippen LogP contribution in [0.25, 0.3) is 0 Å². The molecule has 0 radical (unpaired) electrons. The normalized spacial score (nSPS) is 9.63. The monoisotopic (exact) mass is 1260 g/mol. The molecule has 0 aromatic heterocycles. The van der Waals surface area contributed by atoms with Crippen molar-refractivity contribution < 1.29 is 130 Å². The average molecular weight is 1270 g/mol. The Morgan fingerprint density at radius 1 is 0.574 bits per heavy atom. The van der Waals surface area contributed by atoms with Gasteiger partial charge in [-0.3, -0.25) is 0 Å². The molecule has 0 heterocycles. The minimum absolute atomic E-state index is 0. The molecule has 0 bridgehead atoms. The number of aromatic carboxylic acids is 1. The van der Waals surface area contributed by atoms with Gasteiger partial charge < -0.3 is 92.0 Å². The van der Waals surface area contributed by atoms with Gasteiger partial charge in [0.1, 0.15) is 46.7 Å². The number of hydrogen-bond donors (Lipinski definition) is 3. The van der Waals surface area contributed by atoms with E-state index >= 15 is 0 Å². The molecule has 362 valence electrons. The van der Waals surface area contributed by atoms with Gasteiger partial charge in [-0.25, -0.2) is 13.6 Å². The molecule has 0 spiro atoms. The van der Waals surface area contributed by atoms with E-state index in [1.54, 1.807) is 39.3 Å². The van der Waals surface area contributed by atoms with Crippen molar-refractivity contribution in [3.8, 4) is 17.2 Å². The molecular formula is C46H53Br3Cl6F2Li2Mg2O7. The second-order valence-electron chi connectivity index (χ2n) is 12.5. The van der Waals surface area contributed by atoms with E-state index in [0.29, 0.717) is 21.3 Å². The molecule has 5 aromatic rings. The molecule has 5 aromatic carbocycles. The van der Waals surface area contributed by atoms with Crippen LogP contribution in [0.2, 0.25) is 10.0 Å². The van der Waals surface area contributed by atoms with Crippen molar-refractivity contribution in [1.29, 1.82) is 0 Å². The van der Waals surface area contributed by atoms with Crippen molar-refractivity contribution in [3.05, 3.63) is 165 Å². The van der Waals surface area contributed by atoms with Gasteiger partial charge in [-0.05, 0) is 129 Å². The van der Waals surface area contributed by atoms with Gasteiger partial charge in [0.15, 0.2) is 0 Å². The summed E-state index contributed by atoms with van der Waals surface area (Å²) < 4.78 is 46.1. The molecule has 3 N–H and O–H groups in total. The zero-order valence-electron chi connectivity index (χ0n) is 39.3. The summed E-state index contributed by atoms with van der Waals surface area (Å²) in [7, 11) is 4.58. The summed E-state index contributed by atoms with van der Waals surface area (Å²) >= 11 is 21.6. The van der Waals surface area contributed by atoms with Gasteiger partial charge in [-0.2, -0.15) is 27.7 Å². The number of ether oxygens (including phenoxy) is 3. The standard InChI is InChI=1S/C16H14ClFO4.C15H13BrClFO2.C8H8Br2O.2C3H7.CH4.4ClH.2Li.2Mg/c1-8-6-13(22-2)11(16(20)21)7-10(8)15(19)9-4-3-5-12(17)14(9)18;1-8-6-13(20-2)11(16)7-10(8)15(19)9-4-3-5-12(17)14(9)18;1-5-3-8(11-2)7(10)4-6(5)9;2*1-3-2;;;;;;;;;/h3-7,15,19H,1-2H3,(H,20,21);3-7,15,19H,1-2H3;3-4H,1-2H3;2*3H,1-2H3;1H4;4*1H;;;;/q;;;2*-1;;;;;;2*+1;2*+2/p-4. The first-order chi connectivity index (χ1) is 27.8. The van der Waals surface area contributed by atoms with E-state index < -0.39 is 29.8 Å². The number of aliphatic hydroxyl groups excluding tert-OH is 2. The molecule has 0 fully saturated rings. The molecule has 2 unspecified atom stereocenters. The number of methoxy groups -OCH3 is 3. The molecule has 0 saturated carbocycles. The minimum atomic E-state index is -1.33. The van der Waals surface area contributed by atoms with Gasteiger partial charge in [0.2, 0.25) is 0 Å². The maximum Gasteiger partial charge on any atom is 2.00 e. The summed E-state index contributed by atoms with van der Waals surface area (Å²) in [4.78, 5) is 11.3. The van der Waals surface area contributed by atoms with E-state index in [4.69, 9.17) is 37.4 Å². The second-order valence-corrected chi connectivity index (χ2v) is 15.9. The SMILES string of the molecule is C.COc1cc(C)c(Br)cc1Br.COc1cc(C)c(C(O)c2cccc(Cl)c2F)cc1Br.COc1cc(C)c(C(O)c2cccc(Cl)c2F)cc1C(=O)O.C[CH-]C.C[CH-]C.[Cl-].[Cl-].[Cl-].[Cl-].[Li+].[Li+].[Mg+2].[Mg+2]. The third-order valence-electron chi connectivity index (χ3n) is 7.93. The van der Waals surface area contributed by atoms with Crippen LogP contribution in [0.4, 0.5) is 8.78 Å². The van der Waals surface area contributed by atoms with E-state index in [1.165, 1.54) is 55.1 Å². The Kier molecular flexibility index (Phi) is 60.0. The second kappa shape index (κ2) is 46.2. The van der Waals surface area contributed by atoms with E-state index in [9.17, 15) is 28.9 Å². The van der Waals surface area contributed by atoms with E-state index in [0.717, 1.165) is 20.3 Å². The number of carboxylic acids is 1. The Labute approximate surface area is 519 Å². The molecule has 7 nitrogen and oxygen atoms in total. The Hall–Kier alpha value is 0.657. The average Bonchev–Trinajstić information content (AvgIpc) is 3.19. The van der Waals surface area contributed by atoms with Crippen molar-refractivity contribution >= 4 is 123 Å². The van der Waals surface area contributed by atoms with E-state index in [2.05, 4.69) is 47.8 Å². The summed E-state index contributed by atoms with van der Waals surface area (Å²) in [6.45, 7) is 13.5. The third kappa shape index (κ3) is 27.3.